The SMILES string of the molecule is CCCC[C@H]1CNCCN1C(=O)OC(C)(C)C. The predicted molar refractivity (Wildman–Crippen MR) is 69.1 cm³/mol. The Morgan fingerprint density at radius 2 is 2.18 bits per heavy atom. The van der Waals surface area contributed by atoms with E-state index in [0.29, 0.717) is 6.04 Å². The summed E-state index contributed by atoms with van der Waals surface area (Å²) in [6.45, 7) is 10.4. The normalized spacial score (nSPS) is 21.4. The number of piperazine rings is 1. The molecule has 0 aromatic rings. The van der Waals surface area contributed by atoms with E-state index in [9.17, 15) is 4.79 Å². The van der Waals surface area contributed by atoms with E-state index in [4.69, 9.17) is 4.74 Å². The number of hydrogen-bond acceptors (Lipinski definition) is 3. The summed E-state index contributed by atoms with van der Waals surface area (Å²) >= 11 is 0. The zero-order chi connectivity index (χ0) is 12.9. The Balaban J connectivity index is 2.54. The fraction of sp³-hybridized carbons (Fsp3) is 0.923. The Kier molecular flexibility index (Phi) is 5.25. The number of amides is 1. The summed E-state index contributed by atoms with van der Waals surface area (Å²) in [5, 5.41) is 3.34. The van der Waals surface area contributed by atoms with Crippen molar-refractivity contribution < 1.29 is 9.53 Å². The summed E-state index contributed by atoms with van der Waals surface area (Å²) in [6, 6.07) is 0.290. The highest BCUT2D eigenvalue weighted by Crippen LogP contribution is 2.16. The first-order valence-electron chi connectivity index (χ1n) is 6.64. The van der Waals surface area contributed by atoms with Gasteiger partial charge in [-0.15, -0.1) is 0 Å². The molecule has 0 bridgehead atoms. The fourth-order valence-corrected chi connectivity index (χ4v) is 2.02. The Bertz CT molecular complexity index is 248. The fourth-order valence-electron chi connectivity index (χ4n) is 2.02. The average Bonchev–Trinajstić information content (AvgIpc) is 2.24. The van der Waals surface area contributed by atoms with Crippen molar-refractivity contribution in [3.8, 4) is 0 Å². The molecule has 100 valence electrons. The summed E-state index contributed by atoms with van der Waals surface area (Å²) < 4.78 is 5.45. The van der Waals surface area contributed by atoms with Gasteiger partial charge >= 0.3 is 6.09 Å². The minimum absolute atomic E-state index is 0.167. The van der Waals surface area contributed by atoms with Gasteiger partial charge in [-0.3, -0.25) is 0 Å². The monoisotopic (exact) mass is 242 g/mol. The molecule has 17 heavy (non-hydrogen) atoms. The molecule has 0 unspecified atom stereocenters. The molecule has 1 saturated heterocycles. The molecule has 0 aromatic heterocycles. The van der Waals surface area contributed by atoms with Crippen molar-refractivity contribution in [1.29, 1.82) is 0 Å². The van der Waals surface area contributed by atoms with E-state index in [1.54, 1.807) is 0 Å². The highest BCUT2D eigenvalue weighted by atomic mass is 16.6. The van der Waals surface area contributed by atoms with Gasteiger partial charge in [0.15, 0.2) is 0 Å². The van der Waals surface area contributed by atoms with Crippen LogP contribution in [0, 0.1) is 0 Å². The van der Waals surface area contributed by atoms with Gasteiger partial charge in [-0.05, 0) is 27.2 Å². The van der Waals surface area contributed by atoms with Crippen LogP contribution in [0.25, 0.3) is 0 Å². The number of nitrogens with one attached hydrogen (secondary N) is 1. The van der Waals surface area contributed by atoms with Gasteiger partial charge in [0.2, 0.25) is 0 Å². The van der Waals surface area contributed by atoms with Crippen molar-refractivity contribution in [2.45, 2.75) is 58.6 Å². The van der Waals surface area contributed by atoms with E-state index in [2.05, 4.69) is 12.2 Å². The molecular weight excluding hydrogens is 216 g/mol. The van der Waals surface area contributed by atoms with Gasteiger partial charge in [0.25, 0.3) is 0 Å². The summed E-state index contributed by atoms with van der Waals surface area (Å²) in [7, 11) is 0. The third-order valence-corrected chi connectivity index (χ3v) is 2.87. The van der Waals surface area contributed by atoms with Gasteiger partial charge in [-0.25, -0.2) is 4.79 Å². The molecule has 0 spiro atoms. The number of carbonyl (C=O) groups excluding carboxylic acids is 1. The van der Waals surface area contributed by atoms with Crippen LogP contribution in [0.5, 0.6) is 0 Å². The zero-order valence-corrected chi connectivity index (χ0v) is 11.6. The minimum atomic E-state index is -0.405. The number of nitrogens with zero attached hydrogens (tertiary/aromatic N) is 1. The minimum Gasteiger partial charge on any atom is -0.444 e. The molecule has 1 atom stereocenters. The zero-order valence-electron chi connectivity index (χ0n) is 11.6. The maximum Gasteiger partial charge on any atom is 0.410 e. The lowest BCUT2D eigenvalue weighted by Gasteiger charge is -2.37. The Hall–Kier alpha value is -0.770. The lowest BCUT2D eigenvalue weighted by Crippen LogP contribution is -2.54. The molecule has 1 heterocycles. The first kappa shape index (κ1) is 14.3. The van der Waals surface area contributed by atoms with Crippen LogP contribution in [-0.2, 0) is 4.74 Å². The van der Waals surface area contributed by atoms with E-state index in [1.165, 1.54) is 6.42 Å². The maximum absolute atomic E-state index is 12.1. The highest BCUT2D eigenvalue weighted by Gasteiger charge is 2.29. The number of carbonyl (C=O) groups is 1. The molecule has 4 nitrogen and oxygen atoms in total. The van der Waals surface area contributed by atoms with E-state index in [-0.39, 0.29) is 6.09 Å². The van der Waals surface area contributed by atoms with E-state index in [1.807, 2.05) is 25.7 Å². The van der Waals surface area contributed by atoms with E-state index >= 15 is 0 Å². The molecule has 0 radical (unpaired) electrons. The molecule has 1 aliphatic rings. The van der Waals surface area contributed by atoms with Crippen molar-refractivity contribution in [3.05, 3.63) is 0 Å². The summed E-state index contributed by atoms with van der Waals surface area (Å²) in [5.41, 5.74) is -0.405. The van der Waals surface area contributed by atoms with Crippen LogP contribution in [0.1, 0.15) is 47.0 Å². The van der Waals surface area contributed by atoms with Gasteiger partial charge in [-0.1, -0.05) is 19.8 Å². The Morgan fingerprint density at radius 1 is 1.47 bits per heavy atom. The van der Waals surface area contributed by atoms with Gasteiger partial charge in [0, 0.05) is 25.7 Å². The largest absolute Gasteiger partial charge is 0.444 e. The van der Waals surface area contributed by atoms with Gasteiger partial charge in [0.1, 0.15) is 5.60 Å². The summed E-state index contributed by atoms with van der Waals surface area (Å²) in [5.74, 6) is 0. The quantitative estimate of drug-likeness (QED) is 0.826. The van der Waals surface area contributed by atoms with Crippen LogP contribution >= 0.6 is 0 Å². The molecule has 1 aliphatic heterocycles. The van der Waals surface area contributed by atoms with Crippen LogP contribution in [0.3, 0.4) is 0 Å². The molecule has 1 fully saturated rings. The predicted octanol–water partition coefficient (Wildman–Crippen LogP) is 2.39. The van der Waals surface area contributed by atoms with Crippen LogP contribution in [-0.4, -0.2) is 42.3 Å². The second kappa shape index (κ2) is 6.24. The topological polar surface area (TPSA) is 41.6 Å². The Morgan fingerprint density at radius 3 is 2.76 bits per heavy atom. The van der Waals surface area contributed by atoms with Crippen molar-refractivity contribution in [2.75, 3.05) is 19.6 Å². The van der Waals surface area contributed by atoms with Gasteiger partial charge in [0.05, 0.1) is 0 Å². The van der Waals surface area contributed by atoms with Crippen LogP contribution in [0.4, 0.5) is 4.79 Å². The smallest absolute Gasteiger partial charge is 0.410 e. The van der Waals surface area contributed by atoms with Crippen molar-refractivity contribution >= 4 is 6.09 Å². The summed E-state index contributed by atoms with van der Waals surface area (Å²) in [6.07, 6.45) is 3.22. The van der Waals surface area contributed by atoms with Gasteiger partial charge in [-0.2, -0.15) is 0 Å². The molecular formula is C13H26N2O2. The van der Waals surface area contributed by atoms with Crippen molar-refractivity contribution in [2.24, 2.45) is 0 Å². The lowest BCUT2D eigenvalue weighted by molar-refractivity contribution is 0.0110. The Labute approximate surface area is 105 Å². The first-order chi connectivity index (χ1) is 7.94. The number of unbranched alkanes of at least 4 members (excludes halogenated alkanes) is 1. The summed E-state index contributed by atoms with van der Waals surface area (Å²) in [4.78, 5) is 13.9. The third-order valence-electron chi connectivity index (χ3n) is 2.87. The molecule has 1 rings (SSSR count). The van der Waals surface area contributed by atoms with Crippen molar-refractivity contribution in [1.82, 2.24) is 10.2 Å². The van der Waals surface area contributed by atoms with Crippen molar-refractivity contribution in [3.63, 3.8) is 0 Å². The number of rotatable bonds is 3. The molecule has 4 heteroatoms. The van der Waals surface area contributed by atoms with Crippen LogP contribution in [0.2, 0.25) is 0 Å². The maximum atomic E-state index is 12.1. The molecule has 1 amide bonds. The molecule has 0 aliphatic carbocycles. The molecule has 0 aromatic carbocycles. The van der Waals surface area contributed by atoms with Gasteiger partial charge < -0.3 is 15.0 Å². The third kappa shape index (κ3) is 4.94. The highest BCUT2D eigenvalue weighted by molar-refractivity contribution is 5.68. The second-order valence-corrected chi connectivity index (χ2v) is 5.67. The number of hydrogen-bond donors (Lipinski definition) is 1. The second-order valence-electron chi connectivity index (χ2n) is 5.67. The average molecular weight is 242 g/mol. The number of ether oxygens (including phenoxy) is 1. The van der Waals surface area contributed by atoms with Crippen LogP contribution < -0.4 is 5.32 Å². The standard InChI is InChI=1S/C13H26N2O2/c1-5-6-7-11-10-14-8-9-15(11)12(16)17-13(2,3)4/h11,14H,5-10H2,1-4H3/t11-/m0/s1. The molecule has 1 N–H and O–H groups in total. The first-order valence-corrected chi connectivity index (χ1v) is 6.64. The van der Waals surface area contributed by atoms with E-state index in [0.717, 1.165) is 32.5 Å². The van der Waals surface area contributed by atoms with Crippen LogP contribution in [0.15, 0.2) is 0 Å². The lowest BCUT2D eigenvalue weighted by atomic mass is 10.1. The molecule has 0 saturated carbocycles. The van der Waals surface area contributed by atoms with E-state index < -0.39 is 5.60 Å².